The molecule has 0 unspecified atom stereocenters. The third-order valence-electron chi connectivity index (χ3n) is 2.88. The summed E-state index contributed by atoms with van der Waals surface area (Å²) >= 11 is 0. The Kier molecular flexibility index (Phi) is 10.1. The molecule has 0 aliphatic rings. The first kappa shape index (κ1) is 21.1. The second kappa shape index (κ2) is 9.63. The molecule has 0 fully saturated rings. The molecule has 1 aromatic carbocycles. The lowest BCUT2D eigenvalue weighted by Crippen LogP contribution is -2.12. The Balaban J connectivity index is 0. The number of phenols is 1. The van der Waals surface area contributed by atoms with Crippen LogP contribution >= 0.6 is 0 Å². The smallest absolute Gasteiger partial charge is 0.126 e. The number of hydrogen-bond donors (Lipinski definition) is 1. The minimum atomic E-state index is 0.0924. The summed E-state index contributed by atoms with van der Waals surface area (Å²) in [4.78, 5) is 0. The quantitative estimate of drug-likeness (QED) is 0.654. The van der Waals surface area contributed by atoms with Gasteiger partial charge in [-0.3, -0.25) is 0 Å². The number of rotatable bonds is 2. The molecule has 0 aliphatic heterocycles. The molecule has 0 saturated carbocycles. The zero-order valence-electron chi connectivity index (χ0n) is 15.0. The summed E-state index contributed by atoms with van der Waals surface area (Å²) < 4.78 is 0. The van der Waals surface area contributed by atoms with E-state index in [2.05, 4.69) is 47.3 Å². The highest BCUT2D eigenvalue weighted by Crippen LogP contribution is 2.35. The first-order chi connectivity index (χ1) is 9.27. The van der Waals surface area contributed by atoms with Crippen LogP contribution in [0.5, 0.6) is 5.75 Å². The summed E-state index contributed by atoms with van der Waals surface area (Å²) in [5, 5.41) is 10.1. The molecule has 1 heteroatoms. The minimum Gasteiger partial charge on any atom is -0.507 e. The van der Waals surface area contributed by atoms with Gasteiger partial charge in [-0.2, -0.15) is 0 Å². The first-order valence-electron chi connectivity index (χ1n) is 7.77. The molecule has 0 spiro atoms. The van der Waals surface area contributed by atoms with Crippen molar-refractivity contribution in [3.63, 3.8) is 0 Å². The number of benzene rings is 1. The molecular formula is C19H34O. The van der Waals surface area contributed by atoms with Crippen LogP contribution in [0.15, 0.2) is 18.7 Å². The van der Waals surface area contributed by atoms with Crippen LogP contribution in [0, 0.1) is 0 Å². The third kappa shape index (κ3) is 5.81. The molecule has 0 bridgehead atoms. The van der Waals surface area contributed by atoms with Crippen LogP contribution in [0.2, 0.25) is 0 Å². The minimum absolute atomic E-state index is 0.0924. The average molecular weight is 278 g/mol. The van der Waals surface area contributed by atoms with Crippen molar-refractivity contribution >= 4 is 6.08 Å². The van der Waals surface area contributed by atoms with Gasteiger partial charge in [0.2, 0.25) is 0 Å². The Bertz CT molecular complexity index is 395. The van der Waals surface area contributed by atoms with Gasteiger partial charge in [0.15, 0.2) is 0 Å². The number of hydrogen-bond acceptors (Lipinski definition) is 1. The zero-order valence-corrected chi connectivity index (χ0v) is 15.0. The van der Waals surface area contributed by atoms with E-state index >= 15 is 0 Å². The molecule has 1 nitrogen and oxygen atoms in total. The van der Waals surface area contributed by atoms with Crippen molar-refractivity contribution in [3.8, 4) is 5.75 Å². The fraction of sp³-hybridized carbons (Fsp3) is 0.579. The van der Waals surface area contributed by atoms with Gasteiger partial charge in [0.05, 0.1) is 0 Å². The fourth-order valence-electron chi connectivity index (χ4n) is 1.71. The highest BCUT2D eigenvalue weighted by atomic mass is 16.3. The average Bonchev–Trinajstić information content (AvgIpc) is 2.42. The van der Waals surface area contributed by atoms with E-state index in [0.717, 1.165) is 11.1 Å². The normalized spacial score (nSPS) is 10.1. The van der Waals surface area contributed by atoms with Crippen molar-refractivity contribution in [1.29, 1.82) is 0 Å². The predicted octanol–water partition coefficient (Wildman–Crippen LogP) is 6.51. The summed E-state index contributed by atoms with van der Waals surface area (Å²) in [5.74, 6) is 0.694. The van der Waals surface area contributed by atoms with Crippen LogP contribution in [0.25, 0.3) is 6.08 Å². The van der Waals surface area contributed by atoms with Crippen molar-refractivity contribution in [2.75, 3.05) is 0 Å². The van der Waals surface area contributed by atoms with Crippen LogP contribution in [0.3, 0.4) is 0 Å². The predicted molar refractivity (Wildman–Crippen MR) is 93.7 cm³/mol. The fourth-order valence-corrected chi connectivity index (χ4v) is 1.71. The second-order valence-corrected chi connectivity index (χ2v) is 5.61. The SMILES string of the molecule is C=Cc1cc(C(C)(C)C)cc(C(C)C)c1O.CC.CC. The third-order valence-corrected chi connectivity index (χ3v) is 2.88. The van der Waals surface area contributed by atoms with Gasteiger partial charge in [0.25, 0.3) is 0 Å². The van der Waals surface area contributed by atoms with E-state index in [1.54, 1.807) is 6.08 Å². The Morgan fingerprint density at radius 2 is 1.50 bits per heavy atom. The van der Waals surface area contributed by atoms with Gasteiger partial charge in [0.1, 0.15) is 5.75 Å². The lowest BCUT2D eigenvalue weighted by atomic mass is 9.83. The molecule has 116 valence electrons. The van der Waals surface area contributed by atoms with Crippen molar-refractivity contribution in [2.24, 2.45) is 0 Å². The van der Waals surface area contributed by atoms with Gasteiger partial charge in [-0.15, -0.1) is 0 Å². The Hall–Kier alpha value is -1.24. The molecule has 0 heterocycles. The second-order valence-electron chi connectivity index (χ2n) is 5.61. The zero-order chi connectivity index (χ0) is 16.5. The molecule has 0 aliphatic carbocycles. The van der Waals surface area contributed by atoms with E-state index in [1.165, 1.54) is 5.56 Å². The van der Waals surface area contributed by atoms with Crippen molar-refractivity contribution < 1.29 is 5.11 Å². The molecule has 1 N–H and O–H groups in total. The van der Waals surface area contributed by atoms with E-state index in [1.807, 2.05) is 33.8 Å². The van der Waals surface area contributed by atoms with Crippen LogP contribution in [-0.4, -0.2) is 5.11 Å². The summed E-state index contributed by atoms with van der Waals surface area (Å²) in [6.45, 7) is 22.5. The van der Waals surface area contributed by atoms with Gasteiger partial charge >= 0.3 is 0 Å². The summed E-state index contributed by atoms with van der Waals surface area (Å²) in [7, 11) is 0. The van der Waals surface area contributed by atoms with E-state index in [4.69, 9.17) is 0 Å². The lowest BCUT2D eigenvalue weighted by molar-refractivity contribution is 0.462. The van der Waals surface area contributed by atoms with Gasteiger partial charge in [-0.05, 0) is 28.5 Å². The first-order valence-corrected chi connectivity index (χ1v) is 7.77. The Labute approximate surface area is 126 Å². The monoisotopic (exact) mass is 278 g/mol. The van der Waals surface area contributed by atoms with E-state index in [9.17, 15) is 5.11 Å². The van der Waals surface area contributed by atoms with Crippen LogP contribution in [0.4, 0.5) is 0 Å². The molecular weight excluding hydrogens is 244 g/mol. The summed E-state index contributed by atoms with van der Waals surface area (Å²) in [6.07, 6.45) is 1.72. The topological polar surface area (TPSA) is 20.2 Å². The van der Waals surface area contributed by atoms with E-state index < -0.39 is 0 Å². The Morgan fingerprint density at radius 3 is 1.80 bits per heavy atom. The maximum Gasteiger partial charge on any atom is 0.126 e. The number of aromatic hydroxyl groups is 1. The van der Waals surface area contributed by atoms with Crippen molar-refractivity contribution in [3.05, 3.63) is 35.4 Å². The molecule has 0 atom stereocenters. The summed E-state index contributed by atoms with van der Waals surface area (Å²) in [5.41, 5.74) is 3.16. The Morgan fingerprint density at radius 1 is 1.05 bits per heavy atom. The largest absolute Gasteiger partial charge is 0.507 e. The maximum atomic E-state index is 10.1. The van der Waals surface area contributed by atoms with E-state index in [-0.39, 0.29) is 5.41 Å². The van der Waals surface area contributed by atoms with E-state index in [0.29, 0.717) is 11.7 Å². The van der Waals surface area contributed by atoms with Crippen molar-refractivity contribution in [2.45, 2.75) is 73.6 Å². The molecule has 0 radical (unpaired) electrons. The molecule has 1 aromatic rings. The number of phenolic OH excluding ortho intramolecular Hbond substituents is 1. The summed E-state index contributed by atoms with van der Waals surface area (Å²) in [6, 6.07) is 4.13. The molecule has 0 saturated heterocycles. The molecule has 20 heavy (non-hydrogen) atoms. The highest BCUT2D eigenvalue weighted by Gasteiger charge is 2.18. The standard InChI is InChI=1S/C15H22O.2C2H6/c1-7-11-8-12(15(4,5)6)9-13(10(2)3)14(11)16;2*1-2/h7-10,16H,1H2,2-6H3;2*1-2H3. The van der Waals surface area contributed by atoms with Gasteiger partial charge < -0.3 is 5.11 Å². The van der Waals surface area contributed by atoms with Crippen LogP contribution in [0.1, 0.15) is 84.9 Å². The maximum absolute atomic E-state index is 10.1. The van der Waals surface area contributed by atoms with Crippen molar-refractivity contribution in [1.82, 2.24) is 0 Å². The van der Waals surface area contributed by atoms with Gasteiger partial charge in [-0.25, -0.2) is 0 Å². The molecule has 0 aromatic heterocycles. The molecule has 1 rings (SSSR count). The van der Waals surface area contributed by atoms with Gasteiger partial charge in [-0.1, -0.05) is 81.0 Å². The van der Waals surface area contributed by atoms with Crippen LogP contribution in [-0.2, 0) is 5.41 Å². The lowest BCUT2D eigenvalue weighted by Gasteiger charge is -2.22. The van der Waals surface area contributed by atoms with Crippen LogP contribution < -0.4 is 0 Å². The van der Waals surface area contributed by atoms with Gasteiger partial charge in [0, 0.05) is 5.56 Å². The molecule has 0 amide bonds. The highest BCUT2D eigenvalue weighted by molar-refractivity contribution is 5.60.